The van der Waals surface area contributed by atoms with Gasteiger partial charge < -0.3 is 9.47 Å². The van der Waals surface area contributed by atoms with E-state index in [9.17, 15) is 9.59 Å². The molecule has 0 aliphatic rings. The van der Waals surface area contributed by atoms with E-state index in [-0.39, 0.29) is 12.4 Å². The van der Waals surface area contributed by atoms with Gasteiger partial charge in [0, 0.05) is 6.21 Å². The number of benzene rings is 1. The Labute approximate surface area is 105 Å². The number of para-hydroxylation sites is 2. The highest BCUT2D eigenvalue weighted by atomic mass is 16.6. The van der Waals surface area contributed by atoms with Gasteiger partial charge in [-0.15, -0.1) is 0 Å². The van der Waals surface area contributed by atoms with Crippen LogP contribution >= 0.6 is 0 Å². The summed E-state index contributed by atoms with van der Waals surface area (Å²) in [5.41, 5.74) is 0.497. The minimum absolute atomic E-state index is 0.129. The number of carbonyl (C=O) groups excluding carboxylic acids is 2. The Morgan fingerprint density at radius 3 is 2.61 bits per heavy atom. The zero-order valence-electron chi connectivity index (χ0n) is 10.4. The fourth-order valence-electron chi connectivity index (χ4n) is 1.17. The van der Waals surface area contributed by atoms with E-state index in [0.29, 0.717) is 5.69 Å². The van der Waals surface area contributed by atoms with Crippen LogP contribution in [0.25, 0.3) is 0 Å². The summed E-state index contributed by atoms with van der Waals surface area (Å²) in [7, 11) is 0. The predicted molar refractivity (Wildman–Crippen MR) is 67.2 cm³/mol. The standard InChI is InChI=1S/C13H15NO4/c1-3-9-14-10-7-5-6-8-11(10)18-13(16)12(15)17-4-2/h5-9H,3-4H2,1-2H3. The van der Waals surface area contributed by atoms with Crippen molar-refractivity contribution in [3.8, 4) is 5.75 Å². The Hall–Kier alpha value is -2.17. The van der Waals surface area contributed by atoms with Crippen molar-refractivity contribution in [2.24, 2.45) is 4.99 Å². The van der Waals surface area contributed by atoms with Gasteiger partial charge in [-0.1, -0.05) is 19.1 Å². The molecule has 5 nitrogen and oxygen atoms in total. The fourth-order valence-corrected chi connectivity index (χ4v) is 1.17. The van der Waals surface area contributed by atoms with Crippen molar-refractivity contribution in [1.82, 2.24) is 0 Å². The maximum atomic E-state index is 11.4. The Bertz CT molecular complexity index is 454. The number of esters is 2. The summed E-state index contributed by atoms with van der Waals surface area (Å²) in [6, 6.07) is 6.72. The van der Waals surface area contributed by atoms with Crippen molar-refractivity contribution in [3.63, 3.8) is 0 Å². The second-order valence-electron chi connectivity index (χ2n) is 3.30. The first kappa shape index (κ1) is 13.9. The van der Waals surface area contributed by atoms with Crippen molar-refractivity contribution in [3.05, 3.63) is 24.3 Å². The molecule has 0 saturated carbocycles. The molecule has 0 saturated heterocycles. The largest absolute Gasteiger partial charge is 0.458 e. The van der Waals surface area contributed by atoms with Crippen molar-refractivity contribution in [2.75, 3.05) is 6.61 Å². The monoisotopic (exact) mass is 249 g/mol. The lowest BCUT2D eigenvalue weighted by molar-refractivity contribution is -0.161. The Balaban J connectivity index is 2.81. The molecule has 0 aliphatic heterocycles. The molecule has 1 aromatic rings. The highest BCUT2D eigenvalue weighted by Crippen LogP contribution is 2.26. The predicted octanol–water partition coefficient (Wildman–Crippen LogP) is 2.27. The quantitative estimate of drug-likeness (QED) is 0.355. The summed E-state index contributed by atoms with van der Waals surface area (Å²) in [4.78, 5) is 26.6. The Morgan fingerprint density at radius 2 is 1.94 bits per heavy atom. The molecule has 0 bridgehead atoms. The Kier molecular flexibility index (Phi) is 5.57. The molecule has 0 aromatic heterocycles. The SMILES string of the molecule is CCC=Nc1ccccc1OC(=O)C(=O)OCC. The molecule has 0 unspecified atom stereocenters. The molecular formula is C13H15NO4. The average Bonchev–Trinajstić information content (AvgIpc) is 2.38. The van der Waals surface area contributed by atoms with Crippen LogP contribution in [0.4, 0.5) is 5.69 Å². The van der Waals surface area contributed by atoms with Crippen molar-refractivity contribution in [2.45, 2.75) is 20.3 Å². The number of ether oxygens (including phenoxy) is 2. The summed E-state index contributed by atoms with van der Waals surface area (Å²) in [6.07, 6.45) is 2.46. The number of aliphatic imine (C=N–C) groups is 1. The van der Waals surface area contributed by atoms with Crippen molar-refractivity contribution < 1.29 is 19.1 Å². The van der Waals surface area contributed by atoms with Gasteiger partial charge in [-0.25, -0.2) is 9.59 Å². The second kappa shape index (κ2) is 7.21. The van der Waals surface area contributed by atoms with E-state index in [4.69, 9.17) is 4.74 Å². The van der Waals surface area contributed by atoms with E-state index in [1.165, 1.54) is 0 Å². The van der Waals surface area contributed by atoms with E-state index in [1.54, 1.807) is 37.4 Å². The maximum absolute atomic E-state index is 11.4. The van der Waals surface area contributed by atoms with Crippen LogP contribution in [0, 0.1) is 0 Å². The zero-order valence-corrected chi connectivity index (χ0v) is 10.4. The molecule has 0 amide bonds. The number of rotatable bonds is 4. The van der Waals surface area contributed by atoms with Gasteiger partial charge in [-0.3, -0.25) is 4.99 Å². The summed E-state index contributed by atoms with van der Waals surface area (Å²) >= 11 is 0. The van der Waals surface area contributed by atoms with Crippen LogP contribution in [0.2, 0.25) is 0 Å². The number of hydrogen-bond donors (Lipinski definition) is 0. The van der Waals surface area contributed by atoms with Crippen molar-refractivity contribution in [1.29, 1.82) is 0 Å². The smallest absolute Gasteiger partial charge is 0.422 e. The molecule has 5 heteroatoms. The molecule has 0 N–H and O–H groups in total. The van der Waals surface area contributed by atoms with Gasteiger partial charge in [-0.05, 0) is 25.5 Å². The normalized spacial score (nSPS) is 10.3. The zero-order chi connectivity index (χ0) is 13.4. The summed E-state index contributed by atoms with van der Waals surface area (Å²) < 4.78 is 9.47. The Morgan fingerprint density at radius 1 is 1.22 bits per heavy atom. The number of hydrogen-bond acceptors (Lipinski definition) is 5. The van der Waals surface area contributed by atoms with Crippen molar-refractivity contribution >= 4 is 23.8 Å². The summed E-state index contributed by atoms with van der Waals surface area (Å²) in [6.45, 7) is 3.69. The van der Waals surface area contributed by atoms with Gasteiger partial charge >= 0.3 is 11.9 Å². The third-order valence-electron chi connectivity index (χ3n) is 1.92. The highest BCUT2D eigenvalue weighted by Gasteiger charge is 2.18. The topological polar surface area (TPSA) is 65.0 Å². The van der Waals surface area contributed by atoms with Crippen LogP contribution < -0.4 is 4.74 Å². The molecule has 0 atom stereocenters. The molecule has 18 heavy (non-hydrogen) atoms. The lowest BCUT2D eigenvalue weighted by atomic mass is 10.3. The summed E-state index contributed by atoms with van der Waals surface area (Å²) in [5.74, 6) is -1.82. The van der Waals surface area contributed by atoms with Crippen LogP contribution in [0.3, 0.4) is 0 Å². The average molecular weight is 249 g/mol. The van der Waals surface area contributed by atoms with Gasteiger partial charge in [0.25, 0.3) is 0 Å². The molecule has 0 aliphatic carbocycles. The molecule has 0 heterocycles. The van der Waals surface area contributed by atoms with Crippen LogP contribution in [-0.4, -0.2) is 24.8 Å². The van der Waals surface area contributed by atoms with E-state index >= 15 is 0 Å². The fraction of sp³-hybridized carbons (Fsp3) is 0.308. The van der Waals surface area contributed by atoms with Gasteiger partial charge in [0.2, 0.25) is 0 Å². The van der Waals surface area contributed by atoms with Crippen LogP contribution in [-0.2, 0) is 14.3 Å². The van der Waals surface area contributed by atoms with Gasteiger partial charge in [0.1, 0.15) is 5.69 Å². The molecular weight excluding hydrogens is 234 g/mol. The first-order valence-electron chi connectivity index (χ1n) is 5.69. The minimum Gasteiger partial charge on any atom is -0.458 e. The molecule has 96 valence electrons. The van der Waals surface area contributed by atoms with E-state index in [2.05, 4.69) is 9.73 Å². The van der Waals surface area contributed by atoms with E-state index in [1.807, 2.05) is 6.92 Å². The number of nitrogens with zero attached hydrogens (tertiary/aromatic N) is 1. The van der Waals surface area contributed by atoms with Gasteiger partial charge in [0.15, 0.2) is 5.75 Å². The lowest BCUT2D eigenvalue weighted by Gasteiger charge is -2.05. The maximum Gasteiger partial charge on any atom is 0.422 e. The third kappa shape index (κ3) is 4.01. The summed E-state index contributed by atoms with van der Waals surface area (Å²) in [5, 5.41) is 0. The molecule has 0 radical (unpaired) electrons. The third-order valence-corrected chi connectivity index (χ3v) is 1.92. The van der Waals surface area contributed by atoms with E-state index in [0.717, 1.165) is 6.42 Å². The first-order chi connectivity index (χ1) is 8.69. The second-order valence-corrected chi connectivity index (χ2v) is 3.30. The lowest BCUT2D eigenvalue weighted by Crippen LogP contribution is -2.22. The highest BCUT2D eigenvalue weighted by molar-refractivity contribution is 6.30. The molecule has 1 aromatic carbocycles. The van der Waals surface area contributed by atoms with Gasteiger partial charge in [-0.2, -0.15) is 0 Å². The van der Waals surface area contributed by atoms with Gasteiger partial charge in [0.05, 0.1) is 6.61 Å². The van der Waals surface area contributed by atoms with Crippen LogP contribution in [0.5, 0.6) is 5.75 Å². The number of carbonyl (C=O) groups is 2. The van der Waals surface area contributed by atoms with Crippen LogP contribution in [0.15, 0.2) is 29.3 Å². The molecule has 0 fully saturated rings. The minimum atomic E-state index is -1.05. The first-order valence-corrected chi connectivity index (χ1v) is 5.69. The van der Waals surface area contributed by atoms with Crippen LogP contribution in [0.1, 0.15) is 20.3 Å². The van der Waals surface area contributed by atoms with E-state index < -0.39 is 11.9 Å². The molecule has 0 spiro atoms. The molecule has 1 rings (SSSR count).